The van der Waals surface area contributed by atoms with Crippen LogP contribution in [0.15, 0.2) is 48.5 Å². The Labute approximate surface area is 145 Å². The normalized spacial score (nSPS) is 14.7. The number of rotatable bonds is 8. The highest BCUT2D eigenvalue weighted by Crippen LogP contribution is 2.28. The quantitative estimate of drug-likeness (QED) is 0.783. The van der Waals surface area contributed by atoms with Gasteiger partial charge in [-0.1, -0.05) is 49.2 Å². The fourth-order valence-corrected chi connectivity index (χ4v) is 3.26. The Bertz CT molecular complexity index is 621. The maximum Gasteiger partial charge on any atom is 0.161 e. The van der Waals surface area contributed by atoms with Gasteiger partial charge in [0.05, 0.1) is 13.7 Å². The number of ether oxygens (including phenoxy) is 2. The van der Waals surface area contributed by atoms with Crippen molar-refractivity contribution in [1.29, 1.82) is 0 Å². The molecule has 0 aromatic heterocycles. The molecule has 0 saturated heterocycles. The zero-order valence-corrected chi connectivity index (χ0v) is 14.5. The minimum atomic E-state index is 0.653. The van der Waals surface area contributed by atoms with E-state index >= 15 is 0 Å². The molecule has 0 unspecified atom stereocenters. The van der Waals surface area contributed by atoms with Gasteiger partial charge in [0.15, 0.2) is 11.5 Å². The standard InChI is InChI=1S/C21H27NO2/c1-23-21-15-18(16-22-19-9-5-6-10-19)11-12-20(21)24-14-13-17-7-3-2-4-8-17/h2-4,7-8,11-12,15,19,22H,5-6,9-10,13-14,16H2,1H3. The van der Waals surface area contributed by atoms with Crippen molar-refractivity contribution in [2.45, 2.75) is 44.7 Å². The van der Waals surface area contributed by atoms with Crippen molar-refractivity contribution in [2.24, 2.45) is 0 Å². The van der Waals surface area contributed by atoms with Crippen LogP contribution in [0.3, 0.4) is 0 Å². The van der Waals surface area contributed by atoms with E-state index < -0.39 is 0 Å². The van der Waals surface area contributed by atoms with Gasteiger partial charge in [0.25, 0.3) is 0 Å². The molecule has 0 bridgehead atoms. The molecule has 0 aliphatic heterocycles. The van der Waals surface area contributed by atoms with Crippen LogP contribution in [0.25, 0.3) is 0 Å². The van der Waals surface area contributed by atoms with Crippen LogP contribution >= 0.6 is 0 Å². The van der Waals surface area contributed by atoms with Crippen molar-refractivity contribution in [3.05, 3.63) is 59.7 Å². The molecule has 1 aliphatic carbocycles. The lowest BCUT2D eigenvalue weighted by atomic mass is 10.1. The average molecular weight is 325 g/mol. The third-order valence-electron chi connectivity index (χ3n) is 4.67. The average Bonchev–Trinajstić information content (AvgIpc) is 3.15. The number of hydrogen-bond acceptors (Lipinski definition) is 3. The van der Waals surface area contributed by atoms with Gasteiger partial charge >= 0.3 is 0 Å². The Balaban J connectivity index is 1.53. The minimum absolute atomic E-state index is 0.653. The Kier molecular flexibility index (Phi) is 6.13. The van der Waals surface area contributed by atoms with Crippen LogP contribution in [-0.2, 0) is 13.0 Å². The van der Waals surface area contributed by atoms with Crippen molar-refractivity contribution < 1.29 is 9.47 Å². The van der Waals surface area contributed by atoms with Crippen molar-refractivity contribution in [1.82, 2.24) is 5.32 Å². The first-order valence-corrected chi connectivity index (χ1v) is 8.92. The van der Waals surface area contributed by atoms with Crippen LogP contribution < -0.4 is 14.8 Å². The Morgan fingerprint density at radius 2 is 1.75 bits per heavy atom. The summed E-state index contributed by atoms with van der Waals surface area (Å²) >= 11 is 0. The maximum atomic E-state index is 5.92. The SMILES string of the molecule is COc1cc(CNC2CCCC2)ccc1OCCc1ccccc1. The van der Waals surface area contributed by atoms with Gasteiger partial charge in [-0.05, 0) is 36.1 Å². The number of benzene rings is 2. The predicted molar refractivity (Wildman–Crippen MR) is 97.7 cm³/mol. The van der Waals surface area contributed by atoms with Crippen molar-refractivity contribution in [2.75, 3.05) is 13.7 Å². The topological polar surface area (TPSA) is 30.5 Å². The maximum absolute atomic E-state index is 5.92. The molecule has 2 aromatic carbocycles. The molecular weight excluding hydrogens is 298 g/mol. The fraction of sp³-hybridized carbons (Fsp3) is 0.429. The molecule has 2 aromatic rings. The molecule has 0 atom stereocenters. The van der Waals surface area contributed by atoms with Crippen molar-refractivity contribution in [3.8, 4) is 11.5 Å². The molecule has 3 heteroatoms. The molecule has 1 fully saturated rings. The second kappa shape index (κ2) is 8.74. The summed E-state index contributed by atoms with van der Waals surface area (Å²) in [6.07, 6.45) is 6.22. The van der Waals surface area contributed by atoms with Crippen LogP contribution in [-0.4, -0.2) is 19.8 Å². The predicted octanol–water partition coefficient (Wildman–Crippen LogP) is 4.35. The number of nitrogens with one attached hydrogen (secondary N) is 1. The summed E-state index contributed by atoms with van der Waals surface area (Å²) in [7, 11) is 1.70. The Hall–Kier alpha value is -2.00. The second-order valence-electron chi connectivity index (χ2n) is 6.43. The molecule has 128 valence electrons. The molecule has 1 aliphatic rings. The highest BCUT2D eigenvalue weighted by molar-refractivity contribution is 5.43. The van der Waals surface area contributed by atoms with E-state index in [2.05, 4.69) is 41.7 Å². The third kappa shape index (κ3) is 4.75. The number of hydrogen-bond donors (Lipinski definition) is 1. The molecule has 0 amide bonds. The molecule has 0 spiro atoms. The third-order valence-corrected chi connectivity index (χ3v) is 4.67. The zero-order chi connectivity index (χ0) is 16.6. The molecule has 0 radical (unpaired) electrons. The summed E-state index contributed by atoms with van der Waals surface area (Å²) in [5.41, 5.74) is 2.53. The molecule has 0 heterocycles. The largest absolute Gasteiger partial charge is 0.493 e. The molecule has 3 nitrogen and oxygen atoms in total. The Morgan fingerprint density at radius 1 is 0.958 bits per heavy atom. The van der Waals surface area contributed by atoms with E-state index in [0.717, 1.165) is 24.5 Å². The van der Waals surface area contributed by atoms with Gasteiger partial charge in [-0.3, -0.25) is 0 Å². The van der Waals surface area contributed by atoms with E-state index in [0.29, 0.717) is 12.6 Å². The second-order valence-corrected chi connectivity index (χ2v) is 6.43. The summed E-state index contributed by atoms with van der Waals surface area (Å²) in [5.74, 6) is 1.63. The van der Waals surface area contributed by atoms with E-state index in [1.54, 1.807) is 7.11 Å². The monoisotopic (exact) mass is 325 g/mol. The van der Waals surface area contributed by atoms with Gasteiger partial charge in [-0.15, -0.1) is 0 Å². The zero-order valence-electron chi connectivity index (χ0n) is 14.5. The smallest absolute Gasteiger partial charge is 0.161 e. The van der Waals surface area contributed by atoms with Crippen molar-refractivity contribution >= 4 is 0 Å². The summed E-state index contributed by atoms with van der Waals surface area (Å²) in [6.45, 7) is 1.55. The van der Waals surface area contributed by atoms with Gasteiger partial charge in [0.1, 0.15) is 0 Å². The van der Waals surface area contributed by atoms with E-state index in [1.165, 1.54) is 36.8 Å². The molecule has 3 rings (SSSR count). The number of methoxy groups -OCH3 is 1. The fourth-order valence-electron chi connectivity index (χ4n) is 3.26. The lowest BCUT2D eigenvalue weighted by Crippen LogP contribution is -2.25. The summed E-state index contributed by atoms with van der Waals surface area (Å²) in [4.78, 5) is 0. The molecule has 1 N–H and O–H groups in total. The van der Waals surface area contributed by atoms with Crippen molar-refractivity contribution in [3.63, 3.8) is 0 Å². The first-order chi connectivity index (χ1) is 11.8. The first kappa shape index (κ1) is 16.8. The highest BCUT2D eigenvalue weighted by Gasteiger charge is 2.14. The van der Waals surface area contributed by atoms with E-state index in [-0.39, 0.29) is 0 Å². The van der Waals surface area contributed by atoms with E-state index in [9.17, 15) is 0 Å². The van der Waals surface area contributed by atoms with E-state index in [4.69, 9.17) is 9.47 Å². The lowest BCUT2D eigenvalue weighted by molar-refractivity contribution is 0.297. The van der Waals surface area contributed by atoms with Crippen LogP contribution in [0, 0.1) is 0 Å². The Morgan fingerprint density at radius 3 is 2.50 bits per heavy atom. The van der Waals surface area contributed by atoms with Gasteiger partial charge in [-0.25, -0.2) is 0 Å². The summed E-state index contributed by atoms with van der Waals surface area (Å²) in [5, 5.41) is 3.64. The minimum Gasteiger partial charge on any atom is -0.493 e. The van der Waals surface area contributed by atoms with Crippen LogP contribution in [0.4, 0.5) is 0 Å². The summed E-state index contributed by atoms with van der Waals surface area (Å²) in [6, 6.07) is 17.3. The van der Waals surface area contributed by atoms with Gasteiger partial charge in [-0.2, -0.15) is 0 Å². The molecule has 24 heavy (non-hydrogen) atoms. The van der Waals surface area contributed by atoms with Crippen LogP contribution in [0.5, 0.6) is 11.5 Å². The van der Waals surface area contributed by atoms with Crippen LogP contribution in [0.1, 0.15) is 36.8 Å². The lowest BCUT2D eigenvalue weighted by Gasteiger charge is -2.15. The first-order valence-electron chi connectivity index (χ1n) is 8.92. The van der Waals surface area contributed by atoms with E-state index in [1.807, 2.05) is 12.1 Å². The van der Waals surface area contributed by atoms with Crippen LogP contribution in [0.2, 0.25) is 0 Å². The molecular formula is C21H27NO2. The highest BCUT2D eigenvalue weighted by atomic mass is 16.5. The summed E-state index contributed by atoms with van der Waals surface area (Å²) < 4.78 is 11.4. The van der Waals surface area contributed by atoms with Gasteiger partial charge < -0.3 is 14.8 Å². The van der Waals surface area contributed by atoms with Gasteiger partial charge in [0, 0.05) is 19.0 Å². The molecule has 1 saturated carbocycles. The van der Waals surface area contributed by atoms with Gasteiger partial charge in [0.2, 0.25) is 0 Å².